The Labute approximate surface area is 156 Å². The summed E-state index contributed by atoms with van der Waals surface area (Å²) in [6, 6.07) is 6.92. The Hall–Kier alpha value is -1.24. The summed E-state index contributed by atoms with van der Waals surface area (Å²) in [7, 11) is 0. The molecule has 0 radical (unpaired) electrons. The molecule has 0 aliphatic carbocycles. The van der Waals surface area contributed by atoms with Crippen molar-refractivity contribution in [2.75, 3.05) is 13.2 Å². The normalized spacial score (nSPS) is 18.4. The van der Waals surface area contributed by atoms with Gasteiger partial charge in [-0.1, -0.05) is 24.4 Å². The van der Waals surface area contributed by atoms with Crippen molar-refractivity contribution in [3.63, 3.8) is 0 Å². The topological polar surface area (TPSA) is 111 Å². The number of azide groups is 1. The number of carbonyl (C=O) groups excluding carboxylic acids is 1. The summed E-state index contributed by atoms with van der Waals surface area (Å²) in [6.45, 7) is 0.882. The zero-order valence-corrected chi connectivity index (χ0v) is 15.2. The number of epoxide rings is 1. The van der Waals surface area contributed by atoms with Crippen LogP contribution in [0, 0.1) is 0 Å². The molecule has 1 aliphatic heterocycles. The molecule has 23 heavy (non-hydrogen) atoms. The molecule has 0 aromatic heterocycles. The second-order valence-corrected chi connectivity index (χ2v) is 5.27. The predicted molar refractivity (Wildman–Crippen MR) is 77.5 cm³/mol. The van der Waals surface area contributed by atoms with Crippen LogP contribution in [0.5, 0.6) is 5.75 Å². The third kappa shape index (κ3) is 6.41. The van der Waals surface area contributed by atoms with E-state index >= 15 is 0 Å². The first-order chi connectivity index (χ1) is 10.7. The van der Waals surface area contributed by atoms with Crippen LogP contribution in [0.2, 0.25) is 0 Å². The molecule has 1 heterocycles. The van der Waals surface area contributed by atoms with Gasteiger partial charge in [-0.2, -0.15) is 0 Å². The molecule has 1 fully saturated rings. The van der Waals surface area contributed by atoms with Gasteiger partial charge < -0.3 is 19.4 Å². The van der Waals surface area contributed by atoms with E-state index in [0.29, 0.717) is 18.7 Å². The van der Waals surface area contributed by atoms with Crippen molar-refractivity contribution in [2.45, 2.75) is 37.7 Å². The SMILES string of the molecule is [N-]=[N+]=Nc1ccc(OCCCCCCC2(C(=O)[O-])CO2)cc1.[Na+]. The van der Waals surface area contributed by atoms with Gasteiger partial charge in [-0.3, -0.25) is 0 Å². The van der Waals surface area contributed by atoms with Gasteiger partial charge in [0.2, 0.25) is 0 Å². The Morgan fingerprint density at radius 1 is 1.30 bits per heavy atom. The van der Waals surface area contributed by atoms with E-state index in [1.54, 1.807) is 24.3 Å². The number of rotatable bonds is 10. The van der Waals surface area contributed by atoms with Crippen LogP contribution in [0.1, 0.15) is 32.1 Å². The van der Waals surface area contributed by atoms with Crippen LogP contribution in [-0.2, 0) is 9.53 Å². The molecular weight excluding hydrogens is 309 g/mol. The summed E-state index contributed by atoms with van der Waals surface area (Å²) >= 11 is 0. The Balaban J connectivity index is 0.00000264. The number of hydrogen-bond donors (Lipinski definition) is 0. The summed E-state index contributed by atoms with van der Waals surface area (Å²) in [6.07, 6.45) is 4.15. The second-order valence-electron chi connectivity index (χ2n) is 5.27. The van der Waals surface area contributed by atoms with Crippen LogP contribution in [0.15, 0.2) is 29.4 Å². The minimum Gasteiger partial charge on any atom is -0.547 e. The monoisotopic (exact) mass is 327 g/mol. The fourth-order valence-electron chi connectivity index (χ4n) is 2.17. The van der Waals surface area contributed by atoms with Crippen LogP contribution in [0.3, 0.4) is 0 Å². The van der Waals surface area contributed by atoms with Crippen molar-refractivity contribution in [3.8, 4) is 5.75 Å². The van der Waals surface area contributed by atoms with Gasteiger partial charge in [-0.25, -0.2) is 0 Å². The van der Waals surface area contributed by atoms with Gasteiger partial charge in [0, 0.05) is 10.6 Å². The zero-order valence-electron chi connectivity index (χ0n) is 13.2. The van der Waals surface area contributed by atoms with Gasteiger partial charge in [0.25, 0.3) is 0 Å². The molecule has 1 aromatic carbocycles. The van der Waals surface area contributed by atoms with Gasteiger partial charge in [0.05, 0.1) is 19.2 Å². The van der Waals surface area contributed by atoms with Gasteiger partial charge in [0.15, 0.2) is 0 Å². The number of carboxylic acid groups (broad SMARTS) is 1. The Bertz CT molecular complexity index is 554. The van der Waals surface area contributed by atoms with E-state index in [9.17, 15) is 9.90 Å². The van der Waals surface area contributed by atoms with E-state index in [4.69, 9.17) is 15.0 Å². The van der Waals surface area contributed by atoms with Crippen LogP contribution in [0.4, 0.5) is 5.69 Å². The molecule has 0 spiro atoms. The summed E-state index contributed by atoms with van der Waals surface area (Å²) in [5, 5.41) is 14.3. The first-order valence-electron chi connectivity index (χ1n) is 7.30. The molecule has 118 valence electrons. The third-order valence-electron chi connectivity index (χ3n) is 3.61. The fraction of sp³-hybridized carbons (Fsp3) is 0.533. The van der Waals surface area contributed by atoms with Crippen molar-refractivity contribution in [1.82, 2.24) is 0 Å². The largest absolute Gasteiger partial charge is 1.00 e. The molecule has 7 nitrogen and oxygen atoms in total. The van der Waals surface area contributed by atoms with Crippen molar-refractivity contribution in [3.05, 3.63) is 34.7 Å². The molecule has 0 N–H and O–H groups in total. The molecule has 2 rings (SSSR count). The van der Waals surface area contributed by atoms with Crippen LogP contribution >= 0.6 is 0 Å². The average molecular weight is 327 g/mol. The summed E-state index contributed by atoms with van der Waals surface area (Å²) in [5.41, 5.74) is 7.86. The molecule has 1 unspecified atom stereocenters. The molecule has 1 saturated heterocycles. The predicted octanol–water partition coefficient (Wildman–Crippen LogP) is -0.519. The second kappa shape index (κ2) is 9.80. The van der Waals surface area contributed by atoms with Gasteiger partial charge in [-0.15, -0.1) is 0 Å². The van der Waals surface area contributed by atoms with Crippen LogP contribution < -0.4 is 39.4 Å². The van der Waals surface area contributed by atoms with Gasteiger partial charge in [0.1, 0.15) is 11.4 Å². The van der Waals surface area contributed by atoms with Gasteiger partial charge >= 0.3 is 29.6 Å². The number of unbranched alkanes of at least 4 members (excludes halogenated alkanes) is 3. The maximum Gasteiger partial charge on any atom is 1.00 e. The molecule has 0 saturated carbocycles. The number of benzene rings is 1. The van der Waals surface area contributed by atoms with Crippen molar-refractivity contribution in [1.29, 1.82) is 0 Å². The van der Waals surface area contributed by atoms with E-state index in [0.717, 1.165) is 31.4 Å². The van der Waals surface area contributed by atoms with Crippen molar-refractivity contribution >= 4 is 11.7 Å². The molecule has 1 aromatic rings. The van der Waals surface area contributed by atoms with E-state index in [1.165, 1.54) is 0 Å². The summed E-state index contributed by atoms with van der Waals surface area (Å²) in [5.74, 6) is -0.362. The van der Waals surface area contributed by atoms with Crippen molar-refractivity contribution < 1.29 is 48.9 Å². The number of nitrogens with zero attached hydrogens (tertiary/aromatic N) is 3. The molecule has 0 bridgehead atoms. The summed E-state index contributed by atoms with van der Waals surface area (Å²) < 4.78 is 10.5. The maximum absolute atomic E-state index is 10.8. The smallest absolute Gasteiger partial charge is 0.547 e. The number of aliphatic carboxylic acids is 1. The first-order valence-corrected chi connectivity index (χ1v) is 7.30. The molecule has 1 atom stereocenters. The third-order valence-corrected chi connectivity index (χ3v) is 3.61. The Morgan fingerprint density at radius 3 is 2.52 bits per heavy atom. The number of carbonyl (C=O) groups is 1. The molecule has 0 amide bonds. The van der Waals surface area contributed by atoms with E-state index in [2.05, 4.69) is 10.0 Å². The van der Waals surface area contributed by atoms with E-state index in [-0.39, 0.29) is 36.2 Å². The fourth-order valence-corrected chi connectivity index (χ4v) is 2.17. The minimum absolute atomic E-state index is 0. The van der Waals surface area contributed by atoms with Crippen molar-refractivity contribution in [2.24, 2.45) is 5.11 Å². The Morgan fingerprint density at radius 2 is 1.96 bits per heavy atom. The van der Waals surface area contributed by atoms with Crippen LogP contribution in [-0.4, -0.2) is 24.8 Å². The number of hydrogen-bond acceptors (Lipinski definition) is 5. The first kappa shape index (κ1) is 19.8. The van der Waals surface area contributed by atoms with Gasteiger partial charge in [-0.05, 0) is 42.6 Å². The minimum atomic E-state index is -1.10. The van der Waals surface area contributed by atoms with E-state index in [1.807, 2.05) is 0 Å². The molecule has 8 heteroatoms. The van der Waals surface area contributed by atoms with E-state index < -0.39 is 11.6 Å². The summed E-state index contributed by atoms with van der Waals surface area (Å²) in [4.78, 5) is 13.5. The maximum atomic E-state index is 10.8. The van der Waals surface area contributed by atoms with Crippen LogP contribution in [0.25, 0.3) is 10.4 Å². The Kier molecular flexibility index (Phi) is 8.44. The number of ether oxygens (including phenoxy) is 2. The number of carboxylic acids is 1. The zero-order chi connectivity index (χ0) is 15.8. The molecule has 1 aliphatic rings. The average Bonchev–Trinajstić information content (AvgIpc) is 3.29. The molecular formula is C15H18N3NaO4. The standard InChI is InChI=1S/C15H19N3O4.Na/c16-18-17-12-5-7-13(8-6-12)21-10-4-2-1-3-9-15(11-22-15)14(19)20;/h5-8H,1-4,9-11H2,(H,19,20);/q;+1/p-1. The quantitative estimate of drug-likeness (QED) is 0.144.